The molecule has 1 amide bonds. The van der Waals surface area contributed by atoms with E-state index in [0.29, 0.717) is 11.1 Å². The fourth-order valence-electron chi connectivity index (χ4n) is 1.42. The van der Waals surface area contributed by atoms with E-state index in [4.69, 9.17) is 10.5 Å². The second kappa shape index (κ2) is 6.20. The van der Waals surface area contributed by atoms with Crippen molar-refractivity contribution >= 4 is 6.09 Å². The number of amides is 1. The Kier molecular flexibility index (Phi) is 4.90. The minimum absolute atomic E-state index is 0.182. The molecule has 5 heteroatoms. The summed E-state index contributed by atoms with van der Waals surface area (Å²) < 4.78 is 18.1. The highest BCUT2D eigenvalue weighted by molar-refractivity contribution is 5.67. The molecule has 0 heterocycles. The van der Waals surface area contributed by atoms with Crippen LogP contribution in [0.2, 0.25) is 0 Å². The Morgan fingerprint density at radius 3 is 2.82 bits per heavy atom. The van der Waals surface area contributed by atoms with Gasteiger partial charge in [-0.2, -0.15) is 0 Å². The van der Waals surface area contributed by atoms with Gasteiger partial charge >= 0.3 is 6.09 Å². The SMILES string of the molecule is CCOC(=O)NC(CN)c1ccc(C)c(F)c1. The van der Waals surface area contributed by atoms with Gasteiger partial charge in [-0.05, 0) is 31.0 Å². The Labute approximate surface area is 100.0 Å². The molecule has 0 saturated carbocycles. The molecule has 1 unspecified atom stereocenters. The molecule has 0 aliphatic carbocycles. The Bertz CT molecular complexity index is 396. The Morgan fingerprint density at radius 1 is 1.59 bits per heavy atom. The maximum Gasteiger partial charge on any atom is 0.407 e. The Hall–Kier alpha value is -1.62. The summed E-state index contributed by atoms with van der Waals surface area (Å²) in [5.41, 5.74) is 6.73. The van der Waals surface area contributed by atoms with Gasteiger partial charge in [0.25, 0.3) is 0 Å². The summed E-state index contributed by atoms with van der Waals surface area (Å²) in [4.78, 5) is 11.3. The maximum absolute atomic E-state index is 13.4. The van der Waals surface area contributed by atoms with Gasteiger partial charge < -0.3 is 15.8 Å². The van der Waals surface area contributed by atoms with Gasteiger partial charge in [-0.15, -0.1) is 0 Å². The molecule has 0 fully saturated rings. The standard InChI is InChI=1S/C12H17FN2O2/c1-3-17-12(16)15-11(7-14)9-5-4-8(2)10(13)6-9/h4-6,11H,3,7,14H2,1-2H3,(H,15,16). The van der Waals surface area contributed by atoms with E-state index in [9.17, 15) is 9.18 Å². The number of alkyl carbamates (subject to hydrolysis) is 1. The number of ether oxygens (including phenoxy) is 1. The molecule has 0 aliphatic rings. The van der Waals surface area contributed by atoms with Crippen molar-refractivity contribution in [3.8, 4) is 0 Å². The topological polar surface area (TPSA) is 64.3 Å². The lowest BCUT2D eigenvalue weighted by Crippen LogP contribution is -2.33. The number of carbonyl (C=O) groups is 1. The van der Waals surface area contributed by atoms with Crippen LogP contribution in [0.1, 0.15) is 24.1 Å². The number of aryl methyl sites for hydroxylation is 1. The molecule has 0 spiro atoms. The number of halogens is 1. The van der Waals surface area contributed by atoms with Crippen LogP contribution in [0.4, 0.5) is 9.18 Å². The third kappa shape index (κ3) is 3.71. The van der Waals surface area contributed by atoms with Gasteiger partial charge in [-0.3, -0.25) is 0 Å². The monoisotopic (exact) mass is 240 g/mol. The van der Waals surface area contributed by atoms with Crippen LogP contribution in [-0.2, 0) is 4.74 Å². The number of hydrogen-bond donors (Lipinski definition) is 2. The summed E-state index contributed by atoms with van der Waals surface area (Å²) in [6.07, 6.45) is -0.552. The van der Waals surface area contributed by atoms with Gasteiger partial charge in [0.1, 0.15) is 5.82 Å². The minimum atomic E-state index is -0.552. The molecule has 0 saturated heterocycles. The highest BCUT2D eigenvalue weighted by Gasteiger charge is 2.14. The number of nitrogens with two attached hydrogens (primary N) is 1. The largest absolute Gasteiger partial charge is 0.450 e. The van der Waals surface area contributed by atoms with Gasteiger partial charge in [0.15, 0.2) is 0 Å². The van der Waals surface area contributed by atoms with Crippen LogP contribution in [-0.4, -0.2) is 19.2 Å². The first-order chi connectivity index (χ1) is 8.08. The van der Waals surface area contributed by atoms with Crippen molar-refractivity contribution in [2.75, 3.05) is 13.2 Å². The first-order valence-electron chi connectivity index (χ1n) is 5.47. The second-order valence-corrected chi connectivity index (χ2v) is 3.66. The summed E-state index contributed by atoms with van der Waals surface area (Å²) >= 11 is 0. The van der Waals surface area contributed by atoms with Crippen LogP contribution in [0.25, 0.3) is 0 Å². The van der Waals surface area contributed by atoms with Crippen LogP contribution in [0.5, 0.6) is 0 Å². The lowest BCUT2D eigenvalue weighted by molar-refractivity contribution is 0.148. The predicted molar refractivity (Wildman–Crippen MR) is 63.1 cm³/mol. The van der Waals surface area contributed by atoms with Crippen LogP contribution in [0, 0.1) is 12.7 Å². The molecule has 1 atom stereocenters. The summed E-state index contributed by atoms with van der Waals surface area (Å²) in [5.74, 6) is -0.313. The van der Waals surface area contributed by atoms with Gasteiger partial charge in [0, 0.05) is 6.54 Å². The van der Waals surface area contributed by atoms with Crippen molar-refractivity contribution < 1.29 is 13.9 Å². The number of benzene rings is 1. The predicted octanol–water partition coefficient (Wildman–Crippen LogP) is 1.88. The molecule has 0 radical (unpaired) electrons. The first-order valence-corrected chi connectivity index (χ1v) is 5.47. The highest BCUT2D eigenvalue weighted by atomic mass is 19.1. The van der Waals surface area contributed by atoms with Crippen molar-refractivity contribution in [1.82, 2.24) is 5.32 Å². The van der Waals surface area contributed by atoms with Crippen molar-refractivity contribution in [3.63, 3.8) is 0 Å². The Morgan fingerprint density at radius 2 is 2.29 bits per heavy atom. The van der Waals surface area contributed by atoms with Crippen LogP contribution in [0.3, 0.4) is 0 Å². The molecule has 0 aromatic heterocycles. The number of carbonyl (C=O) groups excluding carboxylic acids is 1. The summed E-state index contributed by atoms with van der Waals surface area (Å²) in [7, 11) is 0. The third-order valence-electron chi connectivity index (χ3n) is 2.40. The molecule has 4 nitrogen and oxygen atoms in total. The van der Waals surface area contributed by atoms with Gasteiger partial charge in [0.2, 0.25) is 0 Å². The van der Waals surface area contributed by atoms with Crippen LogP contribution < -0.4 is 11.1 Å². The van der Waals surface area contributed by atoms with E-state index in [1.807, 2.05) is 0 Å². The van der Waals surface area contributed by atoms with Crippen LogP contribution in [0.15, 0.2) is 18.2 Å². The Balaban J connectivity index is 2.79. The van der Waals surface area contributed by atoms with Crippen molar-refractivity contribution in [1.29, 1.82) is 0 Å². The molecule has 1 rings (SSSR count). The molecule has 1 aromatic carbocycles. The van der Waals surface area contributed by atoms with Gasteiger partial charge in [-0.25, -0.2) is 9.18 Å². The highest BCUT2D eigenvalue weighted by Crippen LogP contribution is 2.16. The molecule has 0 bridgehead atoms. The first kappa shape index (κ1) is 13.4. The smallest absolute Gasteiger partial charge is 0.407 e. The molecular formula is C12H17FN2O2. The fourth-order valence-corrected chi connectivity index (χ4v) is 1.42. The van der Waals surface area contributed by atoms with E-state index in [2.05, 4.69) is 5.32 Å². The average Bonchev–Trinajstić information content (AvgIpc) is 2.30. The molecule has 3 N–H and O–H groups in total. The number of nitrogens with one attached hydrogen (secondary N) is 1. The molecule has 94 valence electrons. The van der Waals surface area contributed by atoms with E-state index in [1.165, 1.54) is 6.07 Å². The van der Waals surface area contributed by atoms with E-state index < -0.39 is 12.1 Å². The van der Waals surface area contributed by atoms with Gasteiger partial charge in [-0.1, -0.05) is 12.1 Å². The van der Waals surface area contributed by atoms with E-state index in [0.717, 1.165) is 0 Å². The zero-order chi connectivity index (χ0) is 12.8. The van der Waals surface area contributed by atoms with Gasteiger partial charge in [0.05, 0.1) is 12.6 Å². The van der Waals surface area contributed by atoms with E-state index >= 15 is 0 Å². The van der Waals surface area contributed by atoms with Crippen molar-refractivity contribution in [2.45, 2.75) is 19.9 Å². The summed E-state index contributed by atoms with van der Waals surface area (Å²) in [5, 5.41) is 2.58. The number of hydrogen-bond acceptors (Lipinski definition) is 3. The van der Waals surface area contributed by atoms with Crippen LogP contribution >= 0.6 is 0 Å². The van der Waals surface area contributed by atoms with Crippen molar-refractivity contribution in [2.24, 2.45) is 5.73 Å². The third-order valence-corrected chi connectivity index (χ3v) is 2.40. The maximum atomic E-state index is 13.4. The van der Waals surface area contributed by atoms with E-state index in [1.54, 1.807) is 26.0 Å². The van der Waals surface area contributed by atoms with Crippen molar-refractivity contribution in [3.05, 3.63) is 35.1 Å². The zero-order valence-corrected chi connectivity index (χ0v) is 10.00. The lowest BCUT2D eigenvalue weighted by atomic mass is 10.1. The second-order valence-electron chi connectivity index (χ2n) is 3.66. The normalized spacial score (nSPS) is 12.0. The summed E-state index contributed by atoms with van der Waals surface area (Å²) in [6.45, 7) is 3.85. The fraction of sp³-hybridized carbons (Fsp3) is 0.417. The average molecular weight is 240 g/mol. The molecular weight excluding hydrogens is 223 g/mol. The minimum Gasteiger partial charge on any atom is -0.450 e. The quantitative estimate of drug-likeness (QED) is 0.844. The number of rotatable bonds is 4. The zero-order valence-electron chi connectivity index (χ0n) is 10.00. The lowest BCUT2D eigenvalue weighted by Gasteiger charge is -2.17. The van der Waals surface area contributed by atoms with E-state index in [-0.39, 0.29) is 19.0 Å². The summed E-state index contributed by atoms with van der Waals surface area (Å²) in [6, 6.07) is 4.32. The molecule has 1 aromatic rings. The molecule has 17 heavy (non-hydrogen) atoms. The molecule has 0 aliphatic heterocycles.